The van der Waals surface area contributed by atoms with E-state index in [9.17, 15) is 9.59 Å². The van der Waals surface area contributed by atoms with Gasteiger partial charge in [0.2, 0.25) is 0 Å². The Kier molecular flexibility index (Phi) is 3.70. The van der Waals surface area contributed by atoms with Crippen LogP contribution in [0.1, 0.15) is 60.5 Å². The fraction of sp³-hybridized carbons (Fsp3) is 0.529. The van der Waals surface area contributed by atoms with E-state index >= 15 is 0 Å². The molecule has 1 aromatic carbocycles. The lowest BCUT2D eigenvalue weighted by molar-refractivity contribution is -0.149. The van der Waals surface area contributed by atoms with Gasteiger partial charge in [-0.2, -0.15) is 0 Å². The van der Waals surface area contributed by atoms with E-state index in [0.29, 0.717) is 6.42 Å². The Bertz CT molecular complexity index is 592. The van der Waals surface area contributed by atoms with Crippen molar-refractivity contribution in [1.29, 1.82) is 0 Å². The number of nitrogens with one attached hydrogen (secondary N) is 1. The highest BCUT2D eigenvalue weighted by Crippen LogP contribution is 2.40. The van der Waals surface area contributed by atoms with Crippen LogP contribution in [0.4, 0.5) is 5.69 Å². The SMILES string of the molecule is CC(C)OC(=O)C1CCc2c1ccc1c2NCCCC1=O. The van der Waals surface area contributed by atoms with E-state index in [2.05, 4.69) is 5.32 Å². The maximum absolute atomic E-state index is 12.2. The van der Waals surface area contributed by atoms with Crippen LogP contribution in [0.2, 0.25) is 0 Å². The van der Waals surface area contributed by atoms with Crippen molar-refractivity contribution >= 4 is 17.4 Å². The van der Waals surface area contributed by atoms with Crippen molar-refractivity contribution in [2.45, 2.75) is 51.6 Å². The normalized spacial score (nSPS) is 20.5. The number of hydrogen-bond acceptors (Lipinski definition) is 4. The van der Waals surface area contributed by atoms with Crippen LogP contribution < -0.4 is 5.32 Å². The summed E-state index contributed by atoms with van der Waals surface area (Å²) in [5, 5.41) is 3.38. The summed E-state index contributed by atoms with van der Waals surface area (Å²) in [6.07, 6.45) is 2.96. The molecule has 0 saturated carbocycles. The van der Waals surface area contributed by atoms with Crippen molar-refractivity contribution in [1.82, 2.24) is 0 Å². The zero-order chi connectivity index (χ0) is 15.0. The van der Waals surface area contributed by atoms with Gasteiger partial charge in [0, 0.05) is 24.2 Å². The molecule has 3 rings (SSSR count). The van der Waals surface area contributed by atoms with Gasteiger partial charge in [-0.15, -0.1) is 0 Å². The number of Topliss-reactive ketones (excluding diaryl/α,β-unsaturated/α-hetero) is 1. The van der Waals surface area contributed by atoms with Gasteiger partial charge in [-0.05, 0) is 50.3 Å². The molecule has 0 fully saturated rings. The van der Waals surface area contributed by atoms with E-state index in [1.807, 2.05) is 26.0 Å². The topological polar surface area (TPSA) is 55.4 Å². The lowest BCUT2D eigenvalue weighted by Gasteiger charge is -2.16. The lowest BCUT2D eigenvalue weighted by Crippen LogP contribution is -2.18. The van der Waals surface area contributed by atoms with Crippen LogP contribution in [-0.2, 0) is 16.0 Å². The summed E-state index contributed by atoms with van der Waals surface area (Å²) in [7, 11) is 0. The first kappa shape index (κ1) is 14.1. The molecule has 0 spiro atoms. The summed E-state index contributed by atoms with van der Waals surface area (Å²) in [6.45, 7) is 4.55. The lowest BCUT2D eigenvalue weighted by atomic mass is 9.96. The molecule has 0 aromatic heterocycles. The number of benzene rings is 1. The number of rotatable bonds is 2. The summed E-state index contributed by atoms with van der Waals surface area (Å²) in [5.41, 5.74) is 3.90. The highest BCUT2D eigenvalue weighted by Gasteiger charge is 2.33. The zero-order valence-corrected chi connectivity index (χ0v) is 12.6. The van der Waals surface area contributed by atoms with Gasteiger partial charge in [0.1, 0.15) is 0 Å². The first-order chi connectivity index (χ1) is 10.1. The monoisotopic (exact) mass is 287 g/mol. The number of carbonyl (C=O) groups excluding carboxylic acids is 2. The van der Waals surface area contributed by atoms with Crippen LogP contribution in [0.15, 0.2) is 12.1 Å². The molecule has 4 heteroatoms. The molecule has 1 aliphatic heterocycles. The zero-order valence-electron chi connectivity index (χ0n) is 12.6. The number of ether oxygens (including phenoxy) is 1. The molecular weight excluding hydrogens is 266 g/mol. The smallest absolute Gasteiger partial charge is 0.313 e. The summed E-state index contributed by atoms with van der Waals surface area (Å²) in [5.74, 6) is -0.137. The molecule has 1 aromatic rings. The van der Waals surface area contributed by atoms with Crippen LogP contribution in [0.5, 0.6) is 0 Å². The van der Waals surface area contributed by atoms with E-state index in [-0.39, 0.29) is 23.8 Å². The number of ketones is 1. The fourth-order valence-corrected chi connectivity index (χ4v) is 3.29. The Hall–Kier alpha value is -1.84. The van der Waals surface area contributed by atoms with Crippen molar-refractivity contribution in [2.24, 2.45) is 0 Å². The molecule has 2 aliphatic rings. The minimum absolute atomic E-state index is 0.0953. The highest BCUT2D eigenvalue weighted by atomic mass is 16.5. The first-order valence-electron chi connectivity index (χ1n) is 7.71. The molecular formula is C17H21NO3. The number of carbonyl (C=O) groups is 2. The Morgan fingerprint density at radius 3 is 2.90 bits per heavy atom. The molecule has 1 aliphatic carbocycles. The third-order valence-corrected chi connectivity index (χ3v) is 4.23. The van der Waals surface area contributed by atoms with Gasteiger partial charge in [-0.1, -0.05) is 6.07 Å². The largest absolute Gasteiger partial charge is 0.463 e. The predicted octanol–water partition coefficient (Wildman–Crippen LogP) is 3.06. The molecule has 112 valence electrons. The minimum Gasteiger partial charge on any atom is -0.463 e. The number of anilines is 1. The number of esters is 1. The average molecular weight is 287 g/mol. The van der Waals surface area contributed by atoms with Crippen LogP contribution in [-0.4, -0.2) is 24.4 Å². The van der Waals surface area contributed by atoms with E-state index < -0.39 is 0 Å². The highest BCUT2D eigenvalue weighted by molar-refractivity contribution is 6.03. The van der Waals surface area contributed by atoms with Crippen LogP contribution in [0.25, 0.3) is 0 Å². The van der Waals surface area contributed by atoms with Gasteiger partial charge >= 0.3 is 5.97 Å². The van der Waals surface area contributed by atoms with Crippen molar-refractivity contribution in [3.05, 3.63) is 28.8 Å². The molecule has 1 heterocycles. The quantitative estimate of drug-likeness (QED) is 0.849. The molecule has 1 unspecified atom stereocenters. The average Bonchev–Trinajstić information content (AvgIpc) is 2.77. The summed E-state index contributed by atoms with van der Waals surface area (Å²) in [4.78, 5) is 24.3. The third-order valence-electron chi connectivity index (χ3n) is 4.23. The molecule has 0 amide bonds. The molecule has 0 saturated heterocycles. The van der Waals surface area contributed by atoms with Crippen LogP contribution >= 0.6 is 0 Å². The van der Waals surface area contributed by atoms with Gasteiger partial charge in [0.05, 0.1) is 12.0 Å². The molecule has 4 nitrogen and oxygen atoms in total. The molecule has 21 heavy (non-hydrogen) atoms. The third kappa shape index (κ3) is 2.55. The second-order valence-corrected chi connectivity index (χ2v) is 6.09. The minimum atomic E-state index is -0.187. The van der Waals surface area contributed by atoms with Gasteiger partial charge < -0.3 is 10.1 Å². The summed E-state index contributed by atoms with van der Waals surface area (Å²) >= 11 is 0. The standard InChI is InChI=1S/C17H21NO3/c1-10(2)21-17(20)13-7-6-12-11(13)5-8-14-15(19)4-3-9-18-16(12)14/h5,8,10,13,18H,3-4,6-7,9H2,1-2H3. The molecule has 0 radical (unpaired) electrons. The first-order valence-corrected chi connectivity index (χ1v) is 7.71. The van der Waals surface area contributed by atoms with Gasteiger partial charge in [0.25, 0.3) is 0 Å². The maximum atomic E-state index is 12.2. The van der Waals surface area contributed by atoms with E-state index in [1.54, 1.807) is 0 Å². The van der Waals surface area contributed by atoms with Crippen molar-refractivity contribution < 1.29 is 14.3 Å². The van der Waals surface area contributed by atoms with E-state index in [4.69, 9.17) is 4.74 Å². The number of fused-ring (bicyclic) bond motifs is 3. The number of hydrogen-bond donors (Lipinski definition) is 1. The maximum Gasteiger partial charge on any atom is 0.313 e. The van der Waals surface area contributed by atoms with Gasteiger partial charge in [-0.3, -0.25) is 9.59 Å². The summed E-state index contributed by atoms with van der Waals surface area (Å²) in [6, 6.07) is 3.81. The van der Waals surface area contributed by atoms with Crippen LogP contribution in [0.3, 0.4) is 0 Å². The second kappa shape index (κ2) is 5.51. The Labute approximate surface area is 124 Å². The molecule has 0 bridgehead atoms. The molecule has 1 N–H and O–H groups in total. The van der Waals surface area contributed by atoms with Crippen LogP contribution in [0, 0.1) is 0 Å². The Balaban J connectivity index is 1.96. The van der Waals surface area contributed by atoms with E-state index in [1.165, 1.54) is 0 Å². The second-order valence-electron chi connectivity index (χ2n) is 6.09. The fourth-order valence-electron chi connectivity index (χ4n) is 3.29. The van der Waals surface area contributed by atoms with Crippen molar-refractivity contribution in [2.75, 3.05) is 11.9 Å². The van der Waals surface area contributed by atoms with Gasteiger partial charge in [0.15, 0.2) is 5.78 Å². The Morgan fingerprint density at radius 2 is 2.14 bits per heavy atom. The predicted molar refractivity (Wildman–Crippen MR) is 80.8 cm³/mol. The van der Waals surface area contributed by atoms with Crippen molar-refractivity contribution in [3.63, 3.8) is 0 Å². The van der Waals surface area contributed by atoms with Crippen molar-refractivity contribution in [3.8, 4) is 0 Å². The molecule has 1 atom stereocenters. The van der Waals surface area contributed by atoms with E-state index in [0.717, 1.165) is 48.2 Å². The van der Waals surface area contributed by atoms with Gasteiger partial charge in [-0.25, -0.2) is 0 Å². The summed E-state index contributed by atoms with van der Waals surface area (Å²) < 4.78 is 5.35. The Morgan fingerprint density at radius 1 is 1.33 bits per heavy atom.